The molecule has 4 rings (SSSR count). The number of hydrogen-bond donors (Lipinski definition) is 0. The lowest BCUT2D eigenvalue weighted by molar-refractivity contribution is -0.201. The van der Waals surface area contributed by atoms with Crippen LogP contribution >= 0.6 is 0 Å². The van der Waals surface area contributed by atoms with Gasteiger partial charge in [0.1, 0.15) is 17.5 Å². The van der Waals surface area contributed by atoms with Crippen LogP contribution < -0.4 is 0 Å². The molecule has 2 aliphatic heterocycles. The van der Waals surface area contributed by atoms with E-state index in [4.69, 9.17) is 4.74 Å². The molecule has 0 radical (unpaired) electrons. The number of ketones is 2. The van der Waals surface area contributed by atoms with Crippen molar-refractivity contribution in [1.29, 1.82) is 0 Å². The predicted molar refractivity (Wildman–Crippen MR) is 77.5 cm³/mol. The number of rotatable bonds is 1. The van der Waals surface area contributed by atoms with E-state index in [2.05, 4.69) is 0 Å². The fraction of sp³-hybridized carbons (Fsp3) is 0.333. The minimum absolute atomic E-state index is 0.0126. The zero-order valence-electron chi connectivity index (χ0n) is 11.9. The highest BCUT2D eigenvalue weighted by Crippen LogP contribution is 2.50. The Morgan fingerprint density at radius 1 is 1.09 bits per heavy atom. The zero-order chi connectivity index (χ0) is 15.3. The first-order chi connectivity index (χ1) is 10.6. The lowest BCUT2D eigenvalue weighted by Crippen LogP contribution is -2.59. The second-order valence-corrected chi connectivity index (χ2v) is 6.08. The van der Waals surface area contributed by atoms with Crippen LogP contribution in [-0.4, -0.2) is 17.7 Å². The van der Waals surface area contributed by atoms with Gasteiger partial charge in [0.05, 0.1) is 11.8 Å². The van der Waals surface area contributed by atoms with Gasteiger partial charge in [-0.2, -0.15) is 0 Å². The highest BCUT2D eigenvalue weighted by Gasteiger charge is 2.57. The molecule has 4 atom stereocenters. The number of carbonyl (C=O) groups excluding carboxylic acids is 2. The van der Waals surface area contributed by atoms with E-state index in [0.717, 1.165) is 5.56 Å². The third kappa shape index (κ3) is 1.77. The van der Waals surface area contributed by atoms with Crippen LogP contribution in [0.1, 0.15) is 18.4 Å². The van der Waals surface area contributed by atoms with E-state index in [-0.39, 0.29) is 17.4 Å². The number of ether oxygens (including phenoxy) is 1. The Balaban J connectivity index is 1.88. The minimum atomic E-state index is -0.859. The van der Waals surface area contributed by atoms with Crippen molar-refractivity contribution in [3.8, 4) is 0 Å². The van der Waals surface area contributed by atoms with Gasteiger partial charge in [-0.25, -0.2) is 4.39 Å². The molecule has 2 heterocycles. The monoisotopic (exact) mass is 298 g/mol. The van der Waals surface area contributed by atoms with E-state index in [1.54, 1.807) is 24.3 Å². The summed E-state index contributed by atoms with van der Waals surface area (Å²) >= 11 is 0. The Morgan fingerprint density at radius 2 is 1.82 bits per heavy atom. The first-order valence-corrected chi connectivity index (χ1v) is 7.47. The molecule has 1 aliphatic carbocycles. The Hall–Kier alpha value is -2.07. The van der Waals surface area contributed by atoms with E-state index in [9.17, 15) is 14.0 Å². The molecule has 0 amide bonds. The minimum Gasteiger partial charge on any atom is -0.357 e. The highest BCUT2D eigenvalue weighted by atomic mass is 19.1. The number of benzene rings is 1. The third-order valence-electron chi connectivity index (χ3n) is 4.93. The lowest BCUT2D eigenvalue weighted by atomic mass is 9.66. The fourth-order valence-electron chi connectivity index (χ4n) is 3.82. The summed E-state index contributed by atoms with van der Waals surface area (Å²) in [5, 5.41) is 0. The summed E-state index contributed by atoms with van der Waals surface area (Å²) in [6.07, 6.45) is 7.33. The molecule has 3 nitrogen and oxygen atoms in total. The topological polar surface area (TPSA) is 43.4 Å². The van der Waals surface area contributed by atoms with Crippen LogP contribution in [0.5, 0.6) is 0 Å². The molecule has 2 unspecified atom stereocenters. The highest BCUT2D eigenvalue weighted by molar-refractivity contribution is 5.98. The van der Waals surface area contributed by atoms with Crippen molar-refractivity contribution >= 4 is 11.6 Å². The first kappa shape index (κ1) is 13.6. The van der Waals surface area contributed by atoms with Gasteiger partial charge in [-0.15, -0.1) is 0 Å². The zero-order valence-corrected chi connectivity index (χ0v) is 11.9. The van der Waals surface area contributed by atoms with Gasteiger partial charge in [-0.05, 0) is 24.1 Å². The third-order valence-corrected chi connectivity index (χ3v) is 4.93. The quantitative estimate of drug-likeness (QED) is 0.800. The van der Waals surface area contributed by atoms with Crippen molar-refractivity contribution in [3.05, 3.63) is 60.0 Å². The molecule has 0 saturated carbocycles. The Bertz CT molecular complexity index is 704. The molecule has 3 aliphatic rings. The van der Waals surface area contributed by atoms with E-state index in [1.165, 1.54) is 12.1 Å². The van der Waals surface area contributed by atoms with E-state index >= 15 is 0 Å². The predicted octanol–water partition coefficient (Wildman–Crippen LogP) is 2.71. The van der Waals surface area contributed by atoms with Crippen LogP contribution in [0.4, 0.5) is 4.39 Å². The standard InChI is InChI=1S/C18H15FO3/c19-12-7-5-11(6-8-12)18-10-9-15(20)17(22-18)13-3-1-2-4-14(18)16(13)21/h1-8,13-14,17H,9-10H2/t13-,14?,17+,18?/m0/s1. The lowest BCUT2D eigenvalue weighted by Gasteiger charge is -2.50. The van der Waals surface area contributed by atoms with Gasteiger partial charge in [0, 0.05) is 6.42 Å². The Labute approximate surface area is 127 Å². The number of halogens is 1. The Morgan fingerprint density at radius 3 is 2.59 bits per heavy atom. The molecule has 1 aromatic rings. The van der Waals surface area contributed by atoms with E-state index < -0.39 is 23.5 Å². The molecule has 2 saturated heterocycles. The van der Waals surface area contributed by atoms with E-state index in [1.807, 2.05) is 12.2 Å². The molecule has 112 valence electrons. The molecule has 4 bridgehead atoms. The summed E-state index contributed by atoms with van der Waals surface area (Å²) in [6.45, 7) is 0. The Kier molecular flexibility index (Phi) is 2.91. The molecule has 1 aromatic carbocycles. The smallest absolute Gasteiger partial charge is 0.162 e. The fourth-order valence-corrected chi connectivity index (χ4v) is 3.82. The second kappa shape index (κ2) is 4.71. The van der Waals surface area contributed by atoms with Crippen molar-refractivity contribution in [1.82, 2.24) is 0 Å². The molecule has 0 spiro atoms. The largest absolute Gasteiger partial charge is 0.357 e. The van der Waals surface area contributed by atoms with Gasteiger partial charge >= 0.3 is 0 Å². The SMILES string of the molecule is O=C1C2C=CC=C[C@@H]1[C@H]1OC2(c2ccc(F)cc2)CCC1=O. The number of allylic oxidation sites excluding steroid dienone is 2. The molecule has 4 heteroatoms. The molecule has 22 heavy (non-hydrogen) atoms. The van der Waals surface area contributed by atoms with E-state index in [0.29, 0.717) is 12.8 Å². The van der Waals surface area contributed by atoms with Crippen LogP contribution in [0.15, 0.2) is 48.6 Å². The maximum atomic E-state index is 13.2. The summed E-state index contributed by atoms with van der Waals surface area (Å²) in [5.41, 5.74) is -0.0997. The summed E-state index contributed by atoms with van der Waals surface area (Å²) < 4.78 is 19.4. The van der Waals surface area contributed by atoms with Gasteiger partial charge in [0.15, 0.2) is 11.6 Å². The summed E-state index contributed by atoms with van der Waals surface area (Å²) in [4.78, 5) is 25.0. The summed E-state index contributed by atoms with van der Waals surface area (Å²) in [5.74, 6) is -1.30. The van der Waals surface area contributed by atoms with Crippen LogP contribution in [0.3, 0.4) is 0 Å². The van der Waals surface area contributed by atoms with Crippen LogP contribution in [-0.2, 0) is 19.9 Å². The molecule has 0 N–H and O–H groups in total. The van der Waals surface area contributed by atoms with Crippen molar-refractivity contribution in [3.63, 3.8) is 0 Å². The second-order valence-electron chi connectivity index (χ2n) is 6.08. The number of fused-ring (bicyclic) bond motifs is 6. The average Bonchev–Trinajstić information content (AvgIpc) is 2.67. The van der Waals surface area contributed by atoms with Crippen molar-refractivity contribution in [2.45, 2.75) is 24.5 Å². The average molecular weight is 298 g/mol. The van der Waals surface area contributed by atoms with Crippen molar-refractivity contribution < 1.29 is 18.7 Å². The number of Topliss-reactive ketones (excluding diaryl/α,β-unsaturated/α-hetero) is 2. The molecular weight excluding hydrogens is 283 g/mol. The number of hydrogen-bond acceptors (Lipinski definition) is 3. The van der Waals surface area contributed by atoms with Crippen LogP contribution in [0, 0.1) is 17.7 Å². The van der Waals surface area contributed by atoms with Gasteiger partial charge in [0.25, 0.3) is 0 Å². The van der Waals surface area contributed by atoms with Crippen LogP contribution in [0.25, 0.3) is 0 Å². The maximum absolute atomic E-state index is 13.2. The van der Waals surface area contributed by atoms with Crippen LogP contribution in [0.2, 0.25) is 0 Å². The normalized spacial score (nSPS) is 36.3. The molecular formula is C18H15FO3. The summed E-state index contributed by atoms with van der Waals surface area (Å²) in [7, 11) is 0. The molecule has 0 aromatic heterocycles. The van der Waals surface area contributed by atoms with Gasteiger partial charge < -0.3 is 4.74 Å². The first-order valence-electron chi connectivity index (χ1n) is 7.47. The van der Waals surface area contributed by atoms with Crippen molar-refractivity contribution in [2.75, 3.05) is 0 Å². The number of carbonyl (C=O) groups is 2. The van der Waals surface area contributed by atoms with Gasteiger partial charge in [-0.1, -0.05) is 36.4 Å². The van der Waals surface area contributed by atoms with Crippen molar-refractivity contribution in [2.24, 2.45) is 11.8 Å². The summed E-state index contributed by atoms with van der Waals surface area (Å²) in [6, 6.07) is 6.05. The maximum Gasteiger partial charge on any atom is 0.162 e. The molecule has 2 fully saturated rings. The van der Waals surface area contributed by atoms with Gasteiger partial charge in [0.2, 0.25) is 0 Å². The van der Waals surface area contributed by atoms with Gasteiger partial charge in [-0.3, -0.25) is 9.59 Å².